The molecule has 7 amide bonds. The minimum Gasteiger partial charge on any atom is -0.378 e. The third-order valence-corrected chi connectivity index (χ3v) is 13.3. The van der Waals surface area contributed by atoms with Crippen LogP contribution in [0.2, 0.25) is 0 Å². The highest BCUT2D eigenvalue weighted by Gasteiger charge is 2.40. The summed E-state index contributed by atoms with van der Waals surface area (Å²) in [5.74, 6) is -3.87. The predicted molar refractivity (Wildman–Crippen MR) is 250 cm³/mol. The molecule has 0 aromatic heterocycles. The molecule has 7 heterocycles. The Morgan fingerprint density at radius 2 is 0.947 bits per heavy atom. The monoisotopic (exact) mass is 1080 g/mol. The fraction of sp³-hybridized carbons (Fsp3) is 0.583. The molecule has 0 saturated carbocycles. The lowest BCUT2D eigenvalue weighted by atomic mass is 10.0. The molecule has 2 aromatic carbocycles. The summed E-state index contributed by atoms with van der Waals surface area (Å²) < 4.78 is 92.8. The number of alkyl halides is 6. The molecule has 0 unspecified atom stereocenters. The Morgan fingerprint density at radius 3 is 1.33 bits per heavy atom. The van der Waals surface area contributed by atoms with E-state index in [1.165, 1.54) is 23.1 Å². The number of piperazine rings is 2. The van der Waals surface area contributed by atoms with Crippen LogP contribution in [0.4, 0.5) is 47.3 Å². The van der Waals surface area contributed by atoms with Crippen molar-refractivity contribution in [3.05, 3.63) is 58.7 Å². The molecule has 2 atom stereocenters. The maximum atomic E-state index is 13.9. The van der Waals surface area contributed by atoms with Crippen molar-refractivity contribution in [3.8, 4) is 0 Å². The van der Waals surface area contributed by atoms with Crippen LogP contribution in [-0.4, -0.2) is 182 Å². The largest absolute Gasteiger partial charge is 0.560 e. The van der Waals surface area contributed by atoms with Crippen molar-refractivity contribution in [1.29, 1.82) is 0 Å². The smallest absolute Gasteiger partial charge is 0.378 e. The van der Waals surface area contributed by atoms with E-state index in [0.29, 0.717) is 100 Å². The van der Waals surface area contributed by atoms with Crippen molar-refractivity contribution in [1.82, 2.24) is 35.2 Å². The Labute approximate surface area is 432 Å². The van der Waals surface area contributed by atoms with Gasteiger partial charge in [-0.25, -0.2) is 4.79 Å². The molecule has 0 aliphatic carbocycles. The number of ether oxygens (including phenoxy) is 2. The van der Waals surface area contributed by atoms with E-state index in [-0.39, 0.29) is 73.3 Å². The van der Waals surface area contributed by atoms with Crippen LogP contribution in [0, 0.1) is 0 Å². The van der Waals surface area contributed by atoms with Gasteiger partial charge in [-0.3, -0.25) is 48.2 Å². The van der Waals surface area contributed by atoms with E-state index in [4.69, 9.17) is 14.3 Å². The zero-order chi connectivity index (χ0) is 54.9. The molecule has 416 valence electrons. The van der Waals surface area contributed by atoms with Crippen molar-refractivity contribution >= 4 is 59.1 Å². The topological polar surface area (TPSA) is 221 Å². The highest BCUT2D eigenvalue weighted by molar-refractivity contribution is 6.03. The Morgan fingerprint density at radius 1 is 0.553 bits per heavy atom. The normalized spacial score (nSPS) is 22.2. The van der Waals surface area contributed by atoms with E-state index >= 15 is 0 Å². The molecule has 28 heteroatoms. The number of halogens is 6. The maximum absolute atomic E-state index is 13.9. The highest BCUT2D eigenvalue weighted by atomic mass is 19.4. The number of carbonyl (C=O) groups excluding carboxylic acids is 8. The number of hydrogen-bond acceptors (Lipinski definition) is 18. The summed E-state index contributed by atoms with van der Waals surface area (Å²) in [5.41, 5.74) is 0.485. The summed E-state index contributed by atoms with van der Waals surface area (Å²) in [6.07, 6.45) is -11.4. The average Bonchev–Trinajstić information content (AvgIpc) is 4.00. The van der Waals surface area contributed by atoms with E-state index in [1.807, 2.05) is 20.8 Å². The van der Waals surface area contributed by atoms with Crippen LogP contribution in [0.3, 0.4) is 0 Å². The molecule has 1 N–H and O–H groups in total. The van der Waals surface area contributed by atoms with Crippen LogP contribution in [0.25, 0.3) is 0 Å². The summed E-state index contributed by atoms with van der Waals surface area (Å²) in [5, 5.41) is 4.32. The van der Waals surface area contributed by atoms with Crippen LogP contribution in [-0.2, 0) is 78.2 Å². The van der Waals surface area contributed by atoms with Gasteiger partial charge in [-0.1, -0.05) is 22.3 Å². The van der Waals surface area contributed by atoms with Crippen LogP contribution in [0.5, 0.6) is 0 Å². The molecule has 7 fully saturated rings. The summed E-state index contributed by atoms with van der Waals surface area (Å²) >= 11 is 0. The van der Waals surface area contributed by atoms with E-state index in [9.17, 15) is 64.7 Å². The van der Waals surface area contributed by atoms with E-state index < -0.39 is 71.2 Å². The first-order valence-electron chi connectivity index (χ1n) is 24.7. The van der Waals surface area contributed by atoms with Gasteiger partial charge in [-0.15, -0.1) is 5.06 Å². The quantitative estimate of drug-likeness (QED) is 0.278. The minimum absolute atomic E-state index is 0.00130. The molecular weight excluding hydrogens is 1020 g/mol. The third kappa shape index (κ3) is 14.9. The van der Waals surface area contributed by atoms with Gasteiger partial charge < -0.3 is 34.3 Å². The molecule has 0 spiro atoms. The lowest BCUT2D eigenvalue weighted by Crippen LogP contribution is -2.55. The summed E-state index contributed by atoms with van der Waals surface area (Å²) in [4.78, 5) is 114. The molecule has 0 radical (unpaired) electrons. The van der Waals surface area contributed by atoms with Crippen LogP contribution in [0.15, 0.2) is 36.4 Å². The number of benzene rings is 2. The first-order chi connectivity index (χ1) is 36.0. The maximum Gasteiger partial charge on any atom is 0.560 e. The lowest BCUT2D eigenvalue weighted by Gasteiger charge is -2.39. The van der Waals surface area contributed by atoms with Crippen LogP contribution in [0.1, 0.15) is 74.6 Å². The number of amides is 7. The minimum atomic E-state index is -4.50. The van der Waals surface area contributed by atoms with Gasteiger partial charge in [-0.05, 0) is 49.2 Å². The molecule has 7 saturated heterocycles. The van der Waals surface area contributed by atoms with Crippen molar-refractivity contribution < 1.29 is 88.7 Å². The molecule has 0 bridgehead atoms. The molecule has 76 heavy (non-hydrogen) atoms. The van der Waals surface area contributed by atoms with E-state index in [2.05, 4.69) is 26.8 Å². The average molecular weight is 1080 g/mol. The van der Waals surface area contributed by atoms with Crippen molar-refractivity contribution in [2.24, 2.45) is 0 Å². The second-order valence-electron chi connectivity index (χ2n) is 18.8. The van der Waals surface area contributed by atoms with Crippen molar-refractivity contribution in [3.63, 3.8) is 0 Å². The number of carbonyl (C=O) groups is 8. The Kier molecular flexibility index (Phi) is 18.8. The van der Waals surface area contributed by atoms with Crippen LogP contribution >= 0.6 is 0 Å². The van der Waals surface area contributed by atoms with E-state index in [1.54, 1.807) is 19.1 Å². The van der Waals surface area contributed by atoms with Gasteiger partial charge in [0.25, 0.3) is 35.4 Å². The van der Waals surface area contributed by atoms with Gasteiger partial charge in [0.15, 0.2) is 0 Å². The molecule has 7 aliphatic heterocycles. The number of nitrogens with one attached hydrogen (secondary N) is 1. The first kappa shape index (κ1) is 57.1. The van der Waals surface area contributed by atoms with Gasteiger partial charge in [0, 0.05) is 141 Å². The first-order valence-corrected chi connectivity index (χ1v) is 24.7. The van der Waals surface area contributed by atoms with E-state index in [0.717, 1.165) is 19.6 Å². The Bertz CT molecular complexity index is 2400. The fourth-order valence-electron chi connectivity index (χ4n) is 9.32. The Hall–Kier alpha value is -6.62. The zero-order valence-electron chi connectivity index (χ0n) is 41.8. The van der Waals surface area contributed by atoms with Gasteiger partial charge in [0.1, 0.15) is 0 Å². The number of rotatable bonds is 9. The van der Waals surface area contributed by atoms with Crippen molar-refractivity contribution in [2.45, 2.75) is 89.9 Å². The molecule has 2 aromatic rings. The number of nitrogens with zero attached hydrogens (tertiary/aromatic N) is 8. The summed E-state index contributed by atoms with van der Waals surface area (Å²) in [6.45, 7) is 11.8. The lowest BCUT2D eigenvalue weighted by molar-refractivity contribution is -0.198. The van der Waals surface area contributed by atoms with Gasteiger partial charge in [0.2, 0.25) is 0 Å². The summed E-state index contributed by atoms with van der Waals surface area (Å²) in [6, 6.07) is 9.09. The number of hydroxylamine groups is 6. The number of hydrogen-bond donors (Lipinski definition) is 1. The SMILES string of the molecule is C[C@@H]1CN(Cc2ccc(N3CCOCC3)cc2C(F)(F)F)CCN1.C[C@@H]1CN(Cc2ccc(N3CCOCC3)cc2C(F)(F)F)CCN1C(=O)ON1C(=O)CCC1=O.O=C(ON1C(=O)CCC1=O)ON1C(=O)CCC1=O. The predicted octanol–water partition coefficient (Wildman–Crippen LogP) is 3.85. The second kappa shape index (κ2) is 25.0. The zero-order valence-corrected chi connectivity index (χ0v) is 41.8. The Balaban J connectivity index is 0.000000175. The van der Waals surface area contributed by atoms with Crippen LogP contribution < -0.4 is 15.1 Å². The fourth-order valence-corrected chi connectivity index (χ4v) is 9.32. The highest BCUT2D eigenvalue weighted by Crippen LogP contribution is 2.37. The summed E-state index contributed by atoms with van der Waals surface area (Å²) in [7, 11) is 0. The number of anilines is 2. The third-order valence-electron chi connectivity index (χ3n) is 13.3. The van der Waals surface area contributed by atoms with Gasteiger partial charge >= 0.3 is 24.6 Å². The molecule has 7 aliphatic rings. The van der Waals surface area contributed by atoms with Gasteiger partial charge in [-0.2, -0.15) is 31.1 Å². The second-order valence-corrected chi connectivity index (χ2v) is 18.8. The number of imide groups is 3. The van der Waals surface area contributed by atoms with Crippen molar-refractivity contribution in [2.75, 3.05) is 102 Å². The molecular formula is C48H59F6N9O13. The molecule has 9 rings (SSSR count). The number of morpholine rings is 2. The standard InChI is InChI=1S/C22H27F3N4O5.C17H24F3N3O.C9H8N2O7/c1-15-13-26(6-7-28(15)21(32)34-29-19(30)4-5-20(29)31)14-16-2-3-17(12-18(16)22(23,24)25)27-8-10-33-11-9-27;1-13-11-22(5-4-21-13)12-14-2-3-15(10-16(14)17(18,19)20)23-6-8-24-9-7-23;12-5-1-2-6(13)10(5)17-9(16)18-11-7(14)3-4-8(11)15/h2-3,12,15H,4-11,13-14H2,1H3;2-3,10,13,21H,4-9,11-12H2,1H3;1-4H2/t15-;13-;/m11./s1. The molecule has 22 nitrogen and oxygen atoms in total. The van der Waals surface area contributed by atoms with Gasteiger partial charge in [0.05, 0.1) is 37.6 Å².